The van der Waals surface area contributed by atoms with Gasteiger partial charge in [-0.25, -0.2) is 5.84 Å². The lowest BCUT2D eigenvalue weighted by Crippen LogP contribution is -2.10. The molecule has 7 nitrogen and oxygen atoms in total. The molecular formula is C10H13N5O2. The standard InChI is InChI=1S/C8H8N4.C2H5NO2/c9-11-8-7-4-2-1-3-6(7)5-10-12-8;3-1-2(4)5/h1-5H,9H2,(H,11,12);1,3H2,(H,4,5). The normalized spacial score (nSPS) is 9.29. The summed E-state index contributed by atoms with van der Waals surface area (Å²) in [5.74, 6) is 4.90. The lowest BCUT2D eigenvalue weighted by molar-refractivity contribution is -0.135. The topological polar surface area (TPSA) is 127 Å². The van der Waals surface area contributed by atoms with Crippen molar-refractivity contribution < 1.29 is 9.90 Å². The fourth-order valence-electron chi connectivity index (χ4n) is 1.13. The molecule has 0 saturated carbocycles. The number of nitrogen functional groups attached to an aromatic ring is 1. The predicted molar refractivity (Wildman–Crippen MR) is 64.0 cm³/mol. The molecule has 2 rings (SSSR count). The number of nitrogens with zero attached hydrogens (tertiary/aromatic N) is 2. The first-order valence-electron chi connectivity index (χ1n) is 4.78. The molecule has 1 heterocycles. The van der Waals surface area contributed by atoms with E-state index in [1.807, 2.05) is 24.3 Å². The SMILES string of the molecule is NCC(=O)O.NNc1nncc2ccccc12. The van der Waals surface area contributed by atoms with Crippen LogP contribution in [0, 0.1) is 0 Å². The summed E-state index contributed by atoms with van der Waals surface area (Å²) in [6.07, 6.45) is 1.70. The van der Waals surface area contributed by atoms with Crippen molar-refractivity contribution in [3.63, 3.8) is 0 Å². The Balaban J connectivity index is 0.000000249. The van der Waals surface area contributed by atoms with Crippen LogP contribution in [0.4, 0.5) is 5.82 Å². The third-order valence-electron chi connectivity index (χ3n) is 1.88. The third-order valence-corrected chi connectivity index (χ3v) is 1.88. The lowest BCUT2D eigenvalue weighted by atomic mass is 10.2. The number of hydrazine groups is 1. The van der Waals surface area contributed by atoms with Crippen LogP contribution >= 0.6 is 0 Å². The van der Waals surface area contributed by atoms with E-state index >= 15 is 0 Å². The number of anilines is 1. The van der Waals surface area contributed by atoms with Crippen molar-refractivity contribution in [2.75, 3.05) is 12.0 Å². The molecule has 1 aromatic carbocycles. The van der Waals surface area contributed by atoms with Gasteiger partial charge in [0.2, 0.25) is 0 Å². The van der Waals surface area contributed by atoms with E-state index < -0.39 is 5.97 Å². The van der Waals surface area contributed by atoms with Crippen LogP contribution < -0.4 is 17.0 Å². The summed E-state index contributed by atoms with van der Waals surface area (Å²) < 4.78 is 0. The largest absolute Gasteiger partial charge is 0.480 e. The highest BCUT2D eigenvalue weighted by Crippen LogP contribution is 2.17. The molecule has 0 aliphatic carbocycles. The number of nitrogens with two attached hydrogens (primary N) is 2. The van der Waals surface area contributed by atoms with E-state index in [1.165, 1.54) is 0 Å². The smallest absolute Gasteiger partial charge is 0.317 e. The van der Waals surface area contributed by atoms with Gasteiger partial charge in [-0.3, -0.25) is 4.79 Å². The highest BCUT2D eigenvalue weighted by Gasteiger charge is 1.98. The number of hydrogen-bond acceptors (Lipinski definition) is 6. The first kappa shape index (κ1) is 12.8. The molecule has 0 saturated heterocycles. The van der Waals surface area contributed by atoms with Crippen LogP contribution in [0.2, 0.25) is 0 Å². The van der Waals surface area contributed by atoms with Crippen LogP contribution in [0.5, 0.6) is 0 Å². The van der Waals surface area contributed by atoms with Crippen molar-refractivity contribution in [3.05, 3.63) is 30.5 Å². The first-order chi connectivity index (χ1) is 8.19. The Morgan fingerprint density at radius 3 is 2.65 bits per heavy atom. The Hall–Kier alpha value is -2.25. The molecule has 17 heavy (non-hydrogen) atoms. The maximum atomic E-state index is 9.24. The van der Waals surface area contributed by atoms with Crippen molar-refractivity contribution in [1.29, 1.82) is 0 Å². The molecule has 2 aromatic rings. The lowest BCUT2D eigenvalue weighted by Gasteiger charge is -2.01. The summed E-state index contributed by atoms with van der Waals surface area (Å²) in [5.41, 5.74) is 7.07. The molecule has 90 valence electrons. The Labute approximate surface area is 97.4 Å². The zero-order valence-electron chi connectivity index (χ0n) is 9.00. The Kier molecular flexibility index (Phi) is 4.79. The first-order valence-corrected chi connectivity index (χ1v) is 4.78. The van der Waals surface area contributed by atoms with Gasteiger partial charge in [-0.05, 0) is 0 Å². The number of carboxylic acids is 1. The van der Waals surface area contributed by atoms with Gasteiger partial charge in [0.15, 0.2) is 5.82 Å². The van der Waals surface area contributed by atoms with Crippen LogP contribution in [0.25, 0.3) is 10.8 Å². The van der Waals surface area contributed by atoms with Gasteiger partial charge in [-0.2, -0.15) is 5.10 Å². The molecule has 0 amide bonds. The van der Waals surface area contributed by atoms with Crippen molar-refractivity contribution >= 4 is 22.6 Å². The van der Waals surface area contributed by atoms with E-state index in [1.54, 1.807) is 6.20 Å². The van der Waals surface area contributed by atoms with Gasteiger partial charge in [0, 0.05) is 10.8 Å². The maximum absolute atomic E-state index is 9.24. The molecule has 0 aliphatic rings. The van der Waals surface area contributed by atoms with Crippen LogP contribution in [0.15, 0.2) is 30.5 Å². The van der Waals surface area contributed by atoms with Crippen LogP contribution in [-0.4, -0.2) is 27.8 Å². The third kappa shape index (κ3) is 3.67. The van der Waals surface area contributed by atoms with E-state index in [2.05, 4.69) is 21.4 Å². The van der Waals surface area contributed by atoms with Crippen molar-refractivity contribution in [1.82, 2.24) is 10.2 Å². The van der Waals surface area contributed by atoms with Crippen LogP contribution in [0.1, 0.15) is 0 Å². The molecule has 0 spiro atoms. The minimum absolute atomic E-state index is 0.278. The van der Waals surface area contributed by atoms with Gasteiger partial charge in [-0.1, -0.05) is 24.3 Å². The summed E-state index contributed by atoms with van der Waals surface area (Å²) in [6, 6.07) is 7.79. The van der Waals surface area contributed by atoms with E-state index in [4.69, 9.17) is 10.9 Å². The summed E-state index contributed by atoms with van der Waals surface area (Å²) in [4.78, 5) is 9.24. The average molecular weight is 235 g/mol. The summed E-state index contributed by atoms with van der Waals surface area (Å²) in [5, 5.41) is 17.2. The van der Waals surface area contributed by atoms with E-state index in [0.717, 1.165) is 10.8 Å². The van der Waals surface area contributed by atoms with Gasteiger partial charge in [0.25, 0.3) is 0 Å². The van der Waals surface area contributed by atoms with Gasteiger partial charge in [-0.15, -0.1) is 5.10 Å². The molecule has 7 heteroatoms. The number of nitrogens with one attached hydrogen (secondary N) is 1. The number of aliphatic carboxylic acids is 1. The van der Waals surface area contributed by atoms with Crippen LogP contribution in [0.3, 0.4) is 0 Å². The van der Waals surface area contributed by atoms with E-state index in [-0.39, 0.29) is 6.54 Å². The van der Waals surface area contributed by atoms with Crippen LogP contribution in [-0.2, 0) is 4.79 Å². The number of carbonyl (C=O) groups is 1. The molecule has 0 aliphatic heterocycles. The summed E-state index contributed by atoms with van der Waals surface area (Å²) in [6.45, 7) is -0.278. The summed E-state index contributed by atoms with van der Waals surface area (Å²) >= 11 is 0. The molecule has 0 radical (unpaired) electrons. The number of carboxylic acid groups (broad SMARTS) is 1. The molecule has 0 bridgehead atoms. The Bertz CT molecular complexity index is 498. The maximum Gasteiger partial charge on any atom is 0.317 e. The minimum atomic E-state index is -0.968. The second kappa shape index (κ2) is 6.36. The summed E-state index contributed by atoms with van der Waals surface area (Å²) in [7, 11) is 0. The zero-order valence-corrected chi connectivity index (χ0v) is 9.00. The van der Waals surface area contributed by atoms with Crippen molar-refractivity contribution in [2.24, 2.45) is 11.6 Å². The highest BCUT2D eigenvalue weighted by molar-refractivity contribution is 5.90. The molecule has 0 unspecified atom stereocenters. The quantitative estimate of drug-likeness (QED) is 0.424. The molecule has 1 aromatic heterocycles. The van der Waals surface area contributed by atoms with Gasteiger partial charge >= 0.3 is 5.97 Å². The monoisotopic (exact) mass is 235 g/mol. The van der Waals surface area contributed by atoms with Gasteiger partial charge in [0.05, 0.1) is 12.7 Å². The molecular weight excluding hydrogens is 222 g/mol. The average Bonchev–Trinajstić information content (AvgIpc) is 2.38. The van der Waals surface area contributed by atoms with Crippen molar-refractivity contribution in [2.45, 2.75) is 0 Å². The molecule has 6 N–H and O–H groups in total. The highest BCUT2D eigenvalue weighted by atomic mass is 16.4. The zero-order chi connectivity index (χ0) is 12.7. The predicted octanol–water partition coefficient (Wildman–Crippen LogP) is -0.0549. The number of benzene rings is 1. The fourth-order valence-corrected chi connectivity index (χ4v) is 1.13. The molecule has 0 atom stereocenters. The fraction of sp³-hybridized carbons (Fsp3) is 0.100. The Morgan fingerprint density at radius 2 is 2.06 bits per heavy atom. The number of fused-ring (bicyclic) bond motifs is 1. The number of rotatable bonds is 2. The van der Waals surface area contributed by atoms with E-state index in [9.17, 15) is 4.79 Å². The molecule has 0 fully saturated rings. The number of aromatic nitrogens is 2. The van der Waals surface area contributed by atoms with Gasteiger partial charge < -0.3 is 16.3 Å². The number of hydrogen-bond donors (Lipinski definition) is 4. The second-order valence-corrected chi connectivity index (χ2v) is 3.02. The van der Waals surface area contributed by atoms with Crippen molar-refractivity contribution in [3.8, 4) is 0 Å². The Morgan fingerprint density at radius 1 is 1.41 bits per heavy atom. The second-order valence-electron chi connectivity index (χ2n) is 3.02. The van der Waals surface area contributed by atoms with Gasteiger partial charge in [0.1, 0.15) is 0 Å². The van der Waals surface area contributed by atoms with E-state index in [0.29, 0.717) is 5.82 Å². The minimum Gasteiger partial charge on any atom is -0.480 e.